The summed E-state index contributed by atoms with van der Waals surface area (Å²) in [6.07, 6.45) is 6.77. The molecule has 0 bridgehead atoms. The predicted octanol–water partition coefficient (Wildman–Crippen LogP) is 8.16. The summed E-state index contributed by atoms with van der Waals surface area (Å²) in [5.74, 6) is -0.0958. The highest BCUT2D eigenvalue weighted by molar-refractivity contribution is 5.88. The van der Waals surface area contributed by atoms with E-state index >= 15 is 0 Å². The van der Waals surface area contributed by atoms with E-state index in [4.69, 9.17) is 43.3 Å². The first kappa shape index (κ1) is 67.3. The van der Waals surface area contributed by atoms with Crippen LogP contribution in [0.3, 0.4) is 0 Å². The molecule has 0 spiro atoms. The molecule has 4 aromatic carbocycles. The number of hydrogen-bond acceptors (Lipinski definition) is 16. The van der Waals surface area contributed by atoms with E-state index < -0.39 is 11.4 Å². The van der Waals surface area contributed by atoms with Crippen LogP contribution >= 0.6 is 0 Å². The van der Waals surface area contributed by atoms with Crippen LogP contribution in [0.15, 0.2) is 194 Å². The molecule has 0 amide bonds. The van der Waals surface area contributed by atoms with E-state index in [-0.39, 0.29) is 58.1 Å². The summed E-state index contributed by atoms with van der Waals surface area (Å²) in [4.78, 5) is 70.1. The minimum Gasteiger partial charge on any atom is -0.483 e. The number of aromatic nitrogens is 3. The van der Waals surface area contributed by atoms with Gasteiger partial charge in [0.15, 0.2) is 29.2 Å². The molecule has 0 saturated heterocycles. The molecule has 0 aliphatic rings. The van der Waals surface area contributed by atoms with Crippen molar-refractivity contribution in [3.05, 3.63) is 256 Å². The first-order valence-corrected chi connectivity index (χ1v) is 26.6. The second kappa shape index (κ2) is 38.5. The van der Waals surface area contributed by atoms with Crippen LogP contribution in [0.5, 0.6) is 23.0 Å². The number of pyridine rings is 3. The lowest BCUT2D eigenvalue weighted by atomic mass is 10.2. The predicted molar refractivity (Wildman–Crippen MR) is 319 cm³/mol. The molecule has 3 N–H and O–H groups in total. The minimum atomic E-state index is -1.21. The molecule has 20 heteroatoms. The maximum atomic E-state index is 12.0. The number of carbonyl (C=O) groups excluding carboxylic acids is 1. The summed E-state index contributed by atoms with van der Waals surface area (Å²) in [7, 11) is 6.39. The summed E-state index contributed by atoms with van der Waals surface area (Å²) >= 11 is 0. The fourth-order valence-electron chi connectivity index (χ4n) is 7.48. The molecule has 0 radical (unpaired) electrons. The Labute approximate surface area is 487 Å². The molecular formula is C64H74N4O16. The quantitative estimate of drug-likeness (QED) is 0.0512. The molecular weight excluding hydrogens is 1080 g/mol. The fourth-order valence-corrected chi connectivity index (χ4v) is 7.48. The highest BCUT2D eigenvalue weighted by atomic mass is 16.5. The number of aromatic carboxylic acids is 1. The second-order valence-electron chi connectivity index (χ2n) is 17.9. The topological polar surface area (TPSA) is 250 Å². The van der Waals surface area contributed by atoms with Gasteiger partial charge in [-0.25, -0.2) is 4.79 Å². The van der Waals surface area contributed by atoms with Crippen molar-refractivity contribution < 1.29 is 57.0 Å². The third kappa shape index (κ3) is 23.0. The maximum absolute atomic E-state index is 12.0. The zero-order chi connectivity index (χ0) is 60.9. The van der Waals surface area contributed by atoms with Gasteiger partial charge in [0.25, 0.3) is 0 Å². The van der Waals surface area contributed by atoms with Crippen LogP contribution in [0, 0.1) is 13.8 Å². The number of ether oxygens (including phenoxy) is 8. The van der Waals surface area contributed by atoms with Gasteiger partial charge in [-0.3, -0.25) is 24.0 Å². The van der Waals surface area contributed by atoms with Crippen molar-refractivity contribution in [1.82, 2.24) is 13.7 Å². The Hall–Kier alpha value is -9.18. The van der Waals surface area contributed by atoms with Crippen LogP contribution in [0.2, 0.25) is 0 Å². The number of carboxylic acids is 1. The van der Waals surface area contributed by atoms with Crippen LogP contribution in [0.4, 0.5) is 0 Å². The van der Waals surface area contributed by atoms with Gasteiger partial charge < -0.3 is 66.9 Å². The summed E-state index contributed by atoms with van der Waals surface area (Å²) in [6, 6.07) is 43.8. The van der Waals surface area contributed by atoms with Gasteiger partial charge in [0.1, 0.15) is 37.9 Å². The van der Waals surface area contributed by atoms with Gasteiger partial charge in [-0.15, -0.1) is 0 Å². The third-order valence-corrected chi connectivity index (χ3v) is 11.8. The Morgan fingerprint density at radius 2 is 0.833 bits per heavy atom. The van der Waals surface area contributed by atoms with Crippen molar-refractivity contribution in [2.24, 2.45) is 5.73 Å². The highest BCUT2D eigenvalue weighted by Gasteiger charge is 2.20. The zero-order valence-electron chi connectivity index (χ0n) is 48.2. The number of nitrogens with two attached hydrogens (primary N) is 1. The molecule has 0 fully saturated rings. The maximum Gasteiger partial charge on any atom is 0.356 e. The lowest BCUT2D eigenvalue weighted by molar-refractivity contribution is 0.0674. The Kier molecular flexibility index (Phi) is 30.9. The van der Waals surface area contributed by atoms with Crippen molar-refractivity contribution in [2.45, 2.75) is 59.9 Å². The smallest absolute Gasteiger partial charge is 0.356 e. The largest absolute Gasteiger partial charge is 0.483 e. The van der Waals surface area contributed by atoms with Gasteiger partial charge in [-0.2, -0.15) is 0 Å². The number of nitrogens with zero attached hydrogens (tertiary/aromatic N) is 3. The van der Waals surface area contributed by atoms with E-state index in [2.05, 4.69) is 4.74 Å². The number of carbonyl (C=O) groups is 2. The van der Waals surface area contributed by atoms with Gasteiger partial charge in [0.05, 0.1) is 38.4 Å². The molecule has 446 valence electrons. The Morgan fingerprint density at radius 3 is 1.24 bits per heavy atom. The highest BCUT2D eigenvalue weighted by Crippen LogP contribution is 2.18. The number of methoxy groups -OCH3 is 4. The lowest BCUT2D eigenvalue weighted by Gasteiger charge is -2.14. The van der Waals surface area contributed by atoms with Crippen LogP contribution in [-0.4, -0.2) is 92.5 Å². The van der Waals surface area contributed by atoms with Crippen LogP contribution in [-0.2, 0) is 65.0 Å². The van der Waals surface area contributed by atoms with Gasteiger partial charge in [0, 0.05) is 97.5 Å². The standard InChI is InChI=1S/C16H17NO5.C16H17NO4.C16H19NO3.C13H12O3.C3H9NO/c1-21-10-9-17-8-7-13(18)15(14(17)16(19)20)22-11-12-5-3-2-4-6-12;1-20-10-9-17-8-7-15(19)16(14(17)11-18)21-12-13-5-3-2-4-6-13;1-13-16(20-12-14-6-4-3-5-7-14)15(18)8-9-17(13)10-11-19-2;1-10-13(12(14)7-8-15-10)16-9-11-5-3-2-4-6-11;1-5-3-2-4/h2-8H,9-11H2,1H3,(H,19,20);2-8,11H,9-10,12H2,1H3;3-9H,10-12H2,1-2H3;2-8H,9H2,1H3;2-4H2,1H3. The average molecular weight is 1160 g/mol. The van der Waals surface area contributed by atoms with Crippen LogP contribution in [0.25, 0.3) is 0 Å². The van der Waals surface area contributed by atoms with Crippen molar-refractivity contribution in [2.75, 3.05) is 61.4 Å². The average Bonchev–Trinajstić information content (AvgIpc) is 3.37. The number of rotatable bonds is 25. The number of aldehydes is 1. The number of hydrogen-bond donors (Lipinski definition) is 2. The van der Waals surface area contributed by atoms with Gasteiger partial charge in [-0.05, 0) is 36.1 Å². The Bertz CT molecular complexity index is 3420. The lowest BCUT2D eigenvalue weighted by Crippen LogP contribution is -2.21. The Balaban J connectivity index is 0.000000235. The van der Waals surface area contributed by atoms with E-state index in [1.165, 1.54) is 48.4 Å². The SMILES string of the molecule is COCCN.COCCn1ccc(=O)c(OCc2ccccc2)c1C.COCCn1ccc(=O)c(OCc2ccccc2)c1C(=O)O.COCCn1ccc(=O)c(OCc2ccccc2)c1C=O.Cc1occc(=O)c1OCc1ccccc1. The fraction of sp³-hybridized carbons (Fsp3) is 0.281. The number of carboxylic acid groups (broad SMARTS) is 1. The normalized spacial score (nSPS) is 10.2. The Morgan fingerprint density at radius 1 is 0.476 bits per heavy atom. The van der Waals surface area contributed by atoms with E-state index in [1.807, 2.05) is 133 Å². The third-order valence-electron chi connectivity index (χ3n) is 11.8. The van der Waals surface area contributed by atoms with Crippen LogP contribution in [0.1, 0.15) is 54.7 Å². The minimum absolute atomic E-state index is 0.0763. The summed E-state index contributed by atoms with van der Waals surface area (Å²) < 4.78 is 51.9. The molecule has 0 atom stereocenters. The molecule has 8 rings (SSSR count). The molecule has 4 heterocycles. The first-order chi connectivity index (χ1) is 40.8. The van der Waals surface area contributed by atoms with Gasteiger partial charge >= 0.3 is 5.97 Å². The monoisotopic (exact) mass is 1150 g/mol. The first-order valence-electron chi connectivity index (χ1n) is 26.6. The molecule has 0 unspecified atom stereocenters. The molecule has 8 aromatic rings. The number of aryl methyl sites for hydroxylation is 1. The second-order valence-corrected chi connectivity index (χ2v) is 17.9. The van der Waals surface area contributed by atoms with E-state index in [0.29, 0.717) is 83.6 Å². The summed E-state index contributed by atoms with van der Waals surface area (Å²) in [5, 5.41) is 9.39. The number of benzene rings is 4. The molecule has 0 aliphatic carbocycles. The van der Waals surface area contributed by atoms with E-state index in [9.17, 15) is 33.9 Å². The van der Waals surface area contributed by atoms with Crippen molar-refractivity contribution in [1.29, 1.82) is 0 Å². The van der Waals surface area contributed by atoms with Crippen molar-refractivity contribution in [3.63, 3.8) is 0 Å². The van der Waals surface area contributed by atoms with Crippen molar-refractivity contribution >= 4 is 12.3 Å². The van der Waals surface area contributed by atoms with Gasteiger partial charge in [-0.1, -0.05) is 121 Å². The molecule has 20 nitrogen and oxygen atoms in total. The molecule has 4 aromatic heterocycles. The van der Waals surface area contributed by atoms with Crippen LogP contribution < -0.4 is 46.4 Å². The molecule has 0 saturated carbocycles. The van der Waals surface area contributed by atoms with E-state index in [1.54, 1.807) is 45.2 Å². The molecule has 0 aliphatic heterocycles. The molecule has 84 heavy (non-hydrogen) atoms. The summed E-state index contributed by atoms with van der Waals surface area (Å²) in [5.41, 5.74) is 8.74. The van der Waals surface area contributed by atoms with E-state index in [0.717, 1.165) is 27.9 Å². The van der Waals surface area contributed by atoms with Gasteiger partial charge in [0.2, 0.25) is 27.5 Å². The zero-order valence-corrected chi connectivity index (χ0v) is 48.2. The van der Waals surface area contributed by atoms with Crippen molar-refractivity contribution in [3.8, 4) is 23.0 Å². The summed E-state index contributed by atoms with van der Waals surface area (Å²) in [6.45, 7) is 8.90.